The SMILES string of the molecule is CC(C)(C)OC(=O)N[C@H]1C[C@@H](N2Cc3[nH]nc(C(N)=O)c3C2)CSC1c1cc(F)ccc1F. The van der Waals surface area contributed by atoms with Crippen molar-refractivity contribution in [1.29, 1.82) is 0 Å². The number of ether oxygens (including phenoxy) is 1. The zero-order chi connectivity index (χ0) is 23.9. The van der Waals surface area contributed by atoms with Gasteiger partial charge in [-0.2, -0.15) is 5.10 Å². The number of rotatable bonds is 4. The first kappa shape index (κ1) is 23.5. The highest BCUT2D eigenvalue weighted by atomic mass is 32.2. The first-order valence-electron chi connectivity index (χ1n) is 10.7. The van der Waals surface area contributed by atoms with Gasteiger partial charge in [-0.1, -0.05) is 0 Å². The summed E-state index contributed by atoms with van der Waals surface area (Å²) in [5.74, 6) is -0.999. The fraction of sp³-hybridized carbons (Fsp3) is 0.500. The lowest BCUT2D eigenvalue weighted by Crippen LogP contribution is -2.49. The Morgan fingerprint density at radius 1 is 1.30 bits per heavy atom. The molecule has 1 fully saturated rings. The number of nitrogens with zero attached hydrogens (tertiary/aromatic N) is 2. The van der Waals surface area contributed by atoms with E-state index in [1.807, 2.05) is 0 Å². The first-order valence-corrected chi connectivity index (χ1v) is 11.7. The average molecular weight is 480 g/mol. The molecule has 1 saturated heterocycles. The molecular weight excluding hydrogens is 452 g/mol. The van der Waals surface area contributed by atoms with Crippen LogP contribution in [0.25, 0.3) is 0 Å². The highest BCUT2D eigenvalue weighted by Gasteiger charge is 2.40. The summed E-state index contributed by atoms with van der Waals surface area (Å²) in [6.45, 7) is 6.33. The first-order chi connectivity index (χ1) is 15.5. The molecule has 4 N–H and O–H groups in total. The van der Waals surface area contributed by atoms with Crippen LogP contribution in [0.15, 0.2) is 18.2 Å². The lowest BCUT2D eigenvalue weighted by atomic mass is 9.97. The van der Waals surface area contributed by atoms with Crippen molar-refractivity contribution in [2.45, 2.75) is 63.2 Å². The molecule has 2 aromatic rings. The molecule has 33 heavy (non-hydrogen) atoms. The summed E-state index contributed by atoms with van der Waals surface area (Å²) >= 11 is 1.46. The van der Waals surface area contributed by atoms with Gasteiger partial charge in [0.15, 0.2) is 5.69 Å². The zero-order valence-corrected chi connectivity index (χ0v) is 19.5. The van der Waals surface area contributed by atoms with Gasteiger partial charge in [0.2, 0.25) is 0 Å². The van der Waals surface area contributed by atoms with Gasteiger partial charge >= 0.3 is 6.09 Å². The maximum Gasteiger partial charge on any atom is 0.407 e. The van der Waals surface area contributed by atoms with Crippen LogP contribution in [-0.2, 0) is 17.8 Å². The Bertz CT molecular complexity index is 1070. The van der Waals surface area contributed by atoms with Crippen LogP contribution in [0.3, 0.4) is 0 Å². The molecule has 11 heteroatoms. The molecule has 1 unspecified atom stereocenters. The zero-order valence-electron chi connectivity index (χ0n) is 18.7. The molecule has 0 aliphatic carbocycles. The number of fused-ring (bicyclic) bond motifs is 1. The molecule has 1 aromatic carbocycles. The van der Waals surface area contributed by atoms with Crippen LogP contribution in [0.4, 0.5) is 13.6 Å². The number of amides is 2. The third-order valence-electron chi connectivity index (χ3n) is 5.75. The van der Waals surface area contributed by atoms with Gasteiger partial charge in [-0.15, -0.1) is 11.8 Å². The Balaban J connectivity index is 1.54. The number of alkyl carbamates (subject to hydrolysis) is 1. The van der Waals surface area contributed by atoms with Crippen molar-refractivity contribution >= 4 is 23.8 Å². The van der Waals surface area contributed by atoms with E-state index in [9.17, 15) is 18.4 Å². The minimum Gasteiger partial charge on any atom is -0.444 e. The summed E-state index contributed by atoms with van der Waals surface area (Å²) in [6.07, 6.45) is -0.112. The number of H-pyrrole nitrogens is 1. The number of halogens is 2. The Labute approximate surface area is 194 Å². The minimum absolute atomic E-state index is 0.0179. The van der Waals surface area contributed by atoms with E-state index in [0.29, 0.717) is 25.3 Å². The van der Waals surface area contributed by atoms with Crippen LogP contribution in [0, 0.1) is 11.6 Å². The van der Waals surface area contributed by atoms with E-state index in [2.05, 4.69) is 20.4 Å². The Morgan fingerprint density at radius 2 is 2.06 bits per heavy atom. The van der Waals surface area contributed by atoms with Crippen LogP contribution < -0.4 is 11.1 Å². The number of carbonyl (C=O) groups is 2. The second-order valence-corrected chi connectivity index (χ2v) is 10.5. The Hall–Kier alpha value is -2.66. The summed E-state index contributed by atoms with van der Waals surface area (Å²) in [4.78, 5) is 26.4. The highest BCUT2D eigenvalue weighted by Crippen LogP contribution is 2.43. The number of thioether (sulfide) groups is 1. The molecule has 2 amide bonds. The predicted octanol–water partition coefficient (Wildman–Crippen LogP) is 3.24. The van der Waals surface area contributed by atoms with E-state index in [-0.39, 0.29) is 17.3 Å². The molecule has 2 aliphatic heterocycles. The fourth-order valence-corrected chi connectivity index (χ4v) is 5.88. The van der Waals surface area contributed by atoms with Gasteiger partial charge in [0.05, 0.1) is 10.9 Å². The summed E-state index contributed by atoms with van der Waals surface area (Å²) in [6, 6.07) is 2.89. The van der Waals surface area contributed by atoms with Gasteiger partial charge in [-0.05, 0) is 45.4 Å². The van der Waals surface area contributed by atoms with E-state index < -0.39 is 40.5 Å². The van der Waals surface area contributed by atoms with Gasteiger partial charge < -0.3 is 15.8 Å². The van der Waals surface area contributed by atoms with Gasteiger partial charge in [-0.3, -0.25) is 14.8 Å². The van der Waals surface area contributed by atoms with E-state index in [1.165, 1.54) is 17.8 Å². The van der Waals surface area contributed by atoms with Crippen molar-refractivity contribution in [3.05, 3.63) is 52.3 Å². The Kier molecular flexibility index (Phi) is 6.37. The van der Waals surface area contributed by atoms with Crippen molar-refractivity contribution in [2.24, 2.45) is 5.73 Å². The second kappa shape index (κ2) is 8.94. The molecule has 1 aromatic heterocycles. The quantitative estimate of drug-likeness (QED) is 0.621. The number of nitrogens with two attached hydrogens (primary N) is 1. The minimum atomic E-state index is -0.694. The van der Waals surface area contributed by atoms with Crippen LogP contribution in [0.2, 0.25) is 0 Å². The van der Waals surface area contributed by atoms with Crippen LogP contribution >= 0.6 is 11.8 Å². The number of nitrogens with one attached hydrogen (secondary N) is 2. The summed E-state index contributed by atoms with van der Waals surface area (Å²) in [5, 5.41) is 9.26. The Morgan fingerprint density at radius 3 is 2.76 bits per heavy atom. The van der Waals surface area contributed by atoms with Crippen molar-refractivity contribution in [1.82, 2.24) is 20.4 Å². The monoisotopic (exact) mass is 479 g/mol. The topological polar surface area (TPSA) is 113 Å². The normalized spacial score (nSPS) is 23.2. The van der Waals surface area contributed by atoms with Crippen LogP contribution in [0.5, 0.6) is 0 Å². The molecule has 4 rings (SSSR count). The van der Waals surface area contributed by atoms with Crippen LogP contribution in [0.1, 0.15) is 59.8 Å². The van der Waals surface area contributed by atoms with Crippen molar-refractivity contribution in [3.63, 3.8) is 0 Å². The number of aromatic nitrogens is 2. The van der Waals surface area contributed by atoms with E-state index >= 15 is 0 Å². The summed E-state index contributed by atoms with van der Waals surface area (Å²) in [7, 11) is 0. The number of benzene rings is 1. The van der Waals surface area contributed by atoms with Gasteiger partial charge in [-0.25, -0.2) is 13.6 Å². The second-order valence-electron chi connectivity index (χ2n) is 9.36. The summed E-state index contributed by atoms with van der Waals surface area (Å²) in [5.41, 5.74) is 6.79. The highest BCUT2D eigenvalue weighted by molar-refractivity contribution is 7.99. The third kappa shape index (κ3) is 5.14. The smallest absolute Gasteiger partial charge is 0.407 e. The van der Waals surface area contributed by atoms with E-state index in [1.54, 1.807) is 20.8 Å². The molecule has 0 radical (unpaired) electrons. The van der Waals surface area contributed by atoms with Gasteiger partial charge in [0, 0.05) is 42.1 Å². The fourth-order valence-electron chi connectivity index (χ4n) is 4.33. The average Bonchev–Trinajstić information content (AvgIpc) is 3.29. The molecule has 3 atom stereocenters. The van der Waals surface area contributed by atoms with Crippen molar-refractivity contribution < 1.29 is 23.1 Å². The molecule has 178 valence electrons. The number of hydrogen-bond acceptors (Lipinski definition) is 6. The molecule has 2 aliphatic rings. The molecule has 0 spiro atoms. The van der Waals surface area contributed by atoms with Crippen LogP contribution in [-0.4, -0.2) is 50.5 Å². The summed E-state index contributed by atoms with van der Waals surface area (Å²) < 4.78 is 33.9. The maximum absolute atomic E-state index is 14.6. The van der Waals surface area contributed by atoms with Crippen molar-refractivity contribution in [3.8, 4) is 0 Å². The number of carbonyl (C=O) groups excluding carboxylic acids is 2. The van der Waals surface area contributed by atoms with Gasteiger partial charge in [0.25, 0.3) is 5.91 Å². The maximum atomic E-state index is 14.6. The number of aromatic amines is 1. The molecule has 0 saturated carbocycles. The molecule has 0 bridgehead atoms. The van der Waals surface area contributed by atoms with Gasteiger partial charge in [0.1, 0.15) is 17.2 Å². The number of hydrogen-bond donors (Lipinski definition) is 3. The molecular formula is C22H27F2N5O3S. The molecule has 3 heterocycles. The standard InChI is InChI=1S/C22H27F2N5O3S/c1-22(2,3)32-21(31)26-16-7-12(10-33-19(16)13-6-11(23)4-5-15(13)24)29-8-14-17(9-29)27-28-18(14)20(25)30/h4-6,12,16,19H,7-10H2,1-3H3,(H2,25,30)(H,26,31)(H,27,28)/t12-,16+,19?/m1/s1. The van der Waals surface area contributed by atoms with E-state index in [4.69, 9.17) is 10.5 Å². The van der Waals surface area contributed by atoms with E-state index in [0.717, 1.165) is 23.4 Å². The third-order valence-corrected chi connectivity index (χ3v) is 7.27. The molecule has 8 nitrogen and oxygen atoms in total. The largest absolute Gasteiger partial charge is 0.444 e. The number of primary amides is 1. The predicted molar refractivity (Wildman–Crippen MR) is 119 cm³/mol. The lowest BCUT2D eigenvalue weighted by molar-refractivity contribution is 0.0487. The van der Waals surface area contributed by atoms with Crippen molar-refractivity contribution in [2.75, 3.05) is 5.75 Å². The lowest BCUT2D eigenvalue weighted by Gasteiger charge is -2.40.